The largest absolute Gasteiger partial charge is 0.396 e. The van der Waals surface area contributed by atoms with Gasteiger partial charge in [-0.25, -0.2) is 0 Å². The second-order valence-corrected chi connectivity index (χ2v) is 5.94. The first kappa shape index (κ1) is 14.6. The Hall–Kier alpha value is -0.810. The molecule has 0 amide bonds. The van der Waals surface area contributed by atoms with Crippen LogP contribution in [0.5, 0.6) is 0 Å². The Morgan fingerprint density at radius 1 is 1.53 bits per heavy atom. The molecule has 1 aliphatic carbocycles. The monoisotopic (exact) mass is 269 g/mol. The molecule has 0 bridgehead atoms. The number of aliphatic hydroxyl groups excluding tert-OH is 1. The van der Waals surface area contributed by atoms with Crippen LogP contribution in [0.1, 0.15) is 26.2 Å². The van der Waals surface area contributed by atoms with Crippen LogP contribution >= 0.6 is 0 Å². The van der Waals surface area contributed by atoms with Gasteiger partial charge in [-0.1, -0.05) is 0 Å². The summed E-state index contributed by atoms with van der Waals surface area (Å²) in [5, 5.41) is 12.7. The zero-order chi connectivity index (χ0) is 13.7. The van der Waals surface area contributed by atoms with E-state index in [9.17, 15) is 5.11 Å². The lowest BCUT2D eigenvalue weighted by molar-refractivity contribution is 0.181. The van der Waals surface area contributed by atoms with Crippen molar-refractivity contribution in [3.05, 3.63) is 0 Å². The number of hydrogen-bond acceptors (Lipinski definition) is 3. The third kappa shape index (κ3) is 4.08. The number of ether oxygens (including phenoxy) is 1. The fourth-order valence-corrected chi connectivity index (χ4v) is 2.46. The summed E-state index contributed by atoms with van der Waals surface area (Å²) in [5.41, 5.74) is 0.0813. The Bertz CT molecular complexity index is 310. The van der Waals surface area contributed by atoms with Gasteiger partial charge in [0.05, 0.1) is 19.8 Å². The third-order valence-corrected chi connectivity index (χ3v) is 4.11. The van der Waals surface area contributed by atoms with Crippen LogP contribution in [0, 0.1) is 11.3 Å². The Balaban J connectivity index is 1.87. The number of rotatable bonds is 6. The van der Waals surface area contributed by atoms with E-state index in [1.807, 2.05) is 0 Å². The SMILES string of the molecule is CCNC(=NCC1(CO)CC1)N(C)CC1CCOC1. The van der Waals surface area contributed by atoms with Gasteiger partial charge in [-0.05, 0) is 26.2 Å². The number of aliphatic hydroxyl groups is 1. The molecule has 5 heteroatoms. The van der Waals surface area contributed by atoms with Gasteiger partial charge in [0.15, 0.2) is 5.96 Å². The molecule has 0 aromatic rings. The van der Waals surface area contributed by atoms with E-state index in [0.29, 0.717) is 5.92 Å². The molecule has 2 fully saturated rings. The molecule has 1 aliphatic heterocycles. The predicted molar refractivity (Wildman–Crippen MR) is 76.3 cm³/mol. The lowest BCUT2D eigenvalue weighted by atomic mass is 10.1. The Labute approximate surface area is 116 Å². The number of aliphatic imine (C=N–C) groups is 1. The molecule has 5 nitrogen and oxygen atoms in total. The van der Waals surface area contributed by atoms with Crippen LogP contribution in [0.4, 0.5) is 0 Å². The summed E-state index contributed by atoms with van der Waals surface area (Å²) < 4.78 is 5.42. The first-order valence-corrected chi connectivity index (χ1v) is 7.37. The molecule has 1 heterocycles. The van der Waals surface area contributed by atoms with Crippen LogP contribution in [-0.4, -0.2) is 62.5 Å². The van der Waals surface area contributed by atoms with Crippen molar-refractivity contribution < 1.29 is 9.84 Å². The van der Waals surface area contributed by atoms with E-state index in [2.05, 4.69) is 24.2 Å². The first-order valence-electron chi connectivity index (χ1n) is 7.37. The van der Waals surface area contributed by atoms with Crippen LogP contribution in [-0.2, 0) is 4.74 Å². The second kappa shape index (κ2) is 6.57. The highest BCUT2D eigenvalue weighted by Gasteiger charge is 2.41. The molecule has 0 spiro atoms. The van der Waals surface area contributed by atoms with Crippen molar-refractivity contribution >= 4 is 5.96 Å². The minimum absolute atomic E-state index is 0.0813. The Kier molecular flexibility index (Phi) is 5.05. The van der Waals surface area contributed by atoms with E-state index in [0.717, 1.165) is 58.1 Å². The van der Waals surface area contributed by atoms with Crippen LogP contribution in [0.2, 0.25) is 0 Å². The van der Waals surface area contributed by atoms with Gasteiger partial charge in [-0.2, -0.15) is 0 Å². The van der Waals surface area contributed by atoms with Crippen LogP contribution in [0.15, 0.2) is 4.99 Å². The van der Waals surface area contributed by atoms with E-state index < -0.39 is 0 Å². The van der Waals surface area contributed by atoms with Gasteiger partial charge in [0, 0.05) is 38.1 Å². The molecule has 2 rings (SSSR count). The number of nitrogens with one attached hydrogen (secondary N) is 1. The highest BCUT2D eigenvalue weighted by molar-refractivity contribution is 5.79. The molecule has 110 valence electrons. The van der Waals surface area contributed by atoms with Gasteiger partial charge in [0.1, 0.15) is 0 Å². The van der Waals surface area contributed by atoms with Gasteiger partial charge >= 0.3 is 0 Å². The molecule has 1 saturated heterocycles. The van der Waals surface area contributed by atoms with E-state index >= 15 is 0 Å². The van der Waals surface area contributed by atoms with E-state index in [1.54, 1.807) is 0 Å². The van der Waals surface area contributed by atoms with Gasteiger partial charge in [0.25, 0.3) is 0 Å². The lowest BCUT2D eigenvalue weighted by Gasteiger charge is -2.25. The molecule has 2 aliphatic rings. The summed E-state index contributed by atoms with van der Waals surface area (Å²) in [6.07, 6.45) is 3.35. The normalized spacial score (nSPS) is 25.4. The van der Waals surface area contributed by atoms with Crippen molar-refractivity contribution in [1.82, 2.24) is 10.2 Å². The molecular weight excluding hydrogens is 242 g/mol. The van der Waals surface area contributed by atoms with Crippen molar-refractivity contribution in [3.8, 4) is 0 Å². The van der Waals surface area contributed by atoms with Crippen LogP contribution in [0.25, 0.3) is 0 Å². The van der Waals surface area contributed by atoms with E-state index in [4.69, 9.17) is 9.73 Å². The fourth-order valence-electron chi connectivity index (χ4n) is 2.46. The average molecular weight is 269 g/mol. The Morgan fingerprint density at radius 3 is 2.84 bits per heavy atom. The van der Waals surface area contributed by atoms with Crippen molar-refractivity contribution in [2.24, 2.45) is 16.3 Å². The highest BCUT2D eigenvalue weighted by atomic mass is 16.5. The number of hydrogen-bond donors (Lipinski definition) is 2. The lowest BCUT2D eigenvalue weighted by Crippen LogP contribution is -2.42. The van der Waals surface area contributed by atoms with Gasteiger partial charge < -0.3 is 20.1 Å². The second-order valence-electron chi connectivity index (χ2n) is 5.94. The zero-order valence-corrected chi connectivity index (χ0v) is 12.2. The van der Waals surface area contributed by atoms with Crippen molar-refractivity contribution in [1.29, 1.82) is 0 Å². The molecule has 0 aromatic carbocycles. The minimum atomic E-state index is 0.0813. The minimum Gasteiger partial charge on any atom is -0.396 e. The molecular formula is C14H27N3O2. The summed E-state index contributed by atoms with van der Waals surface area (Å²) in [5.74, 6) is 1.57. The molecule has 1 saturated carbocycles. The number of guanidine groups is 1. The van der Waals surface area contributed by atoms with E-state index in [-0.39, 0.29) is 12.0 Å². The molecule has 1 atom stereocenters. The Morgan fingerprint density at radius 2 is 2.32 bits per heavy atom. The molecule has 2 N–H and O–H groups in total. The highest BCUT2D eigenvalue weighted by Crippen LogP contribution is 2.45. The summed E-state index contributed by atoms with van der Waals surface area (Å²) in [6.45, 7) is 6.69. The quantitative estimate of drug-likeness (QED) is 0.550. The fraction of sp³-hybridized carbons (Fsp3) is 0.929. The molecule has 0 aromatic heterocycles. The topological polar surface area (TPSA) is 57.1 Å². The number of nitrogens with zero attached hydrogens (tertiary/aromatic N) is 2. The summed E-state index contributed by atoms with van der Waals surface area (Å²) in [7, 11) is 2.08. The van der Waals surface area contributed by atoms with Crippen LogP contribution < -0.4 is 5.32 Å². The van der Waals surface area contributed by atoms with Crippen LogP contribution in [0.3, 0.4) is 0 Å². The first-order chi connectivity index (χ1) is 9.19. The van der Waals surface area contributed by atoms with Gasteiger partial charge in [-0.15, -0.1) is 0 Å². The predicted octanol–water partition coefficient (Wildman–Crippen LogP) is 0.693. The summed E-state index contributed by atoms with van der Waals surface area (Å²) in [6, 6.07) is 0. The summed E-state index contributed by atoms with van der Waals surface area (Å²) >= 11 is 0. The maximum absolute atomic E-state index is 9.35. The standard InChI is InChI=1S/C14H27N3O2/c1-3-15-13(16-10-14(11-18)5-6-14)17(2)8-12-4-7-19-9-12/h12,18H,3-11H2,1-2H3,(H,15,16). The van der Waals surface area contributed by atoms with Crippen molar-refractivity contribution in [2.45, 2.75) is 26.2 Å². The summed E-state index contributed by atoms with van der Waals surface area (Å²) in [4.78, 5) is 6.88. The average Bonchev–Trinajstić information content (AvgIpc) is 3.02. The molecule has 19 heavy (non-hydrogen) atoms. The van der Waals surface area contributed by atoms with Crippen molar-refractivity contribution in [3.63, 3.8) is 0 Å². The molecule has 0 radical (unpaired) electrons. The smallest absolute Gasteiger partial charge is 0.193 e. The maximum Gasteiger partial charge on any atom is 0.193 e. The third-order valence-electron chi connectivity index (χ3n) is 4.11. The van der Waals surface area contributed by atoms with E-state index in [1.165, 1.54) is 0 Å². The maximum atomic E-state index is 9.35. The van der Waals surface area contributed by atoms with Gasteiger partial charge in [-0.3, -0.25) is 4.99 Å². The van der Waals surface area contributed by atoms with Crippen molar-refractivity contribution in [2.75, 3.05) is 46.5 Å². The zero-order valence-electron chi connectivity index (χ0n) is 12.2. The van der Waals surface area contributed by atoms with Gasteiger partial charge in [0.2, 0.25) is 0 Å². The molecule has 1 unspecified atom stereocenters.